The van der Waals surface area contributed by atoms with Crippen molar-refractivity contribution in [3.8, 4) is 0 Å². The molecule has 2 atom stereocenters. The molecule has 0 saturated carbocycles. The van der Waals surface area contributed by atoms with Crippen molar-refractivity contribution in [2.45, 2.75) is 11.8 Å². The molecule has 0 bridgehead atoms. The average molecular weight is 638 g/mol. The normalized spacial score (nSPS) is 12.4. The van der Waals surface area contributed by atoms with Gasteiger partial charge in [-0.1, -0.05) is 60.7 Å². The highest BCUT2D eigenvalue weighted by molar-refractivity contribution is 9.21. The Labute approximate surface area is 236 Å². The highest BCUT2D eigenvalue weighted by Crippen LogP contribution is 2.20. The first-order valence-corrected chi connectivity index (χ1v) is 12.9. The molecular weight excluding hydrogens is 616 g/mol. The van der Waals surface area contributed by atoms with Crippen LogP contribution in [0, 0.1) is 0 Å². The van der Waals surface area contributed by atoms with Crippen molar-refractivity contribution in [1.29, 1.82) is 0 Å². The largest absolute Gasteiger partial charge is 0.302 e. The number of aldehydes is 2. The molecule has 0 radical (unpaired) electrons. The number of hydrogen-bond donors (Lipinski definition) is 0. The number of nitrogens with zero attached hydrogens (tertiary/aromatic N) is 4. The Hall–Kier alpha value is -3.86. The summed E-state index contributed by atoms with van der Waals surface area (Å²) in [4.78, 5) is 50.1. The van der Waals surface area contributed by atoms with Crippen molar-refractivity contribution in [3.63, 3.8) is 0 Å². The maximum absolute atomic E-state index is 13.0. The van der Waals surface area contributed by atoms with Gasteiger partial charge in [0.05, 0.1) is 32.3 Å². The second-order valence-electron chi connectivity index (χ2n) is 8.21. The van der Waals surface area contributed by atoms with Gasteiger partial charge in [0.15, 0.2) is 16.8 Å². The van der Waals surface area contributed by atoms with Gasteiger partial charge in [-0.3, -0.25) is 9.59 Å². The summed E-state index contributed by atoms with van der Waals surface area (Å²) in [6.45, 7) is 0. The van der Waals surface area contributed by atoms with Gasteiger partial charge in [-0.2, -0.15) is 0 Å². The number of benzene rings is 2. The number of aromatic nitrogens is 2. The predicted octanol–water partition coefficient (Wildman–Crippen LogP) is 3.83. The molecule has 2 unspecified atom stereocenters. The minimum atomic E-state index is -1.01. The van der Waals surface area contributed by atoms with Crippen LogP contribution in [0.25, 0.3) is 0 Å². The van der Waals surface area contributed by atoms with Crippen LogP contribution in [0.4, 0.5) is 0 Å². The summed E-state index contributed by atoms with van der Waals surface area (Å²) >= 11 is 6.73. The molecule has 4 rings (SSSR count). The van der Waals surface area contributed by atoms with Crippen LogP contribution < -0.4 is 14.6 Å². The fourth-order valence-corrected chi connectivity index (χ4v) is 4.63. The monoisotopic (exact) mass is 636 g/mol. The van der Waals surface area contributed by atoms with Crippen molar-refractivity contribution in [2.75, 3.05) is 5.23 Å². The topological polar surface area (TPSA) is 82.5 Å². The van der Waals surface area contributed by atoms with Gasteiger partial charge < -0.3 is 9.59 Å². The second-order valence-corrected chi connectivity index (χ2v) is 10.5. The number of hydrogen-bond acceptors (Lipinski definition) is 6. The van der Waals surface area contributed by atoms with Crippen LogP contribution in [0.15, 0.2) is 110 Å². The van der Waals surface area contributed by atoms with Crippen LogP contribution in [0.1, 0.15) is 43.7 Å². The van der Waals surface area contributed by atoms with Gasteiger partial charge in [0.2, 0.25) is 24.8 Å². The smallest absolute Gasteiger partial charge is 0.211 e. The van der Waals surface area contributed by atoms with Crippen molar-refractivity contribution in [3.05, 3.63) is 132 Å². The van der Waals surface area contributed by atoms with Crippen molar-refractivity contribution < 1.29 is 28.5 Å². The molecule has 10 heteroatoms. The van der Waals surface area contributed by atoms with E-state index in [-0.39, 0.29) is 11.6 Å². The Bertz CT molecular complexity index is 1340. The zero-order valence-corrected chi connectivity index (χ0v) is 23.1. The third kappa shape index (κ3) is 5.99. The van der Waals surface area contributed by atoms with Gasteiger partial charge in [-0.05, 0) is 21.5 Å². The third-order valence-corrected chi connectivity index (χ3v) is 6.41. The van der Waals surface area contributed by atoms with E-state index in [1.807, 2.05) is 0 Å². The first-order valence-electron chi connectivity index (χ1n) is 11.5. The van der Waals surface area contributed by atoms with Crippen LogP contribution in [0.5, 0.6) is 0 Å². The first kappa shape index (κ1) is 27.2. The van der Waals surface area contributed by atoms with Crippen molar-refractivity contribution in [1.82, 2.24) is 3.06 Å². The van der Waals surface area contributed by atoms with Gasteiger partial charge in [0.1, 0.15) is 24.4 Å². The molecule has 0 aliphatic heterocycles. The summed E-state index contributed by atoms with van der Waals surface area (Å²) in [6, 6.07) is 24.1. The number of rotatable bonds is 11. The zero-order chi connectivity index (χ0) is 27.1. The minimum Gasteiger partial charge on any atom is -0.302 e. The number of ketones is 2. The summed E-state index contributed by atoms with van der Waals surface area (Å²) in [5, 5.41) is 1.55. The van der Waals surface area contributed by atoms with E-state index >= 15 is 0 Å². The summed E-state index contributed by atoms with van der Waals surface area (Å²) < 4.78 is 4.63. The highest BCUT2D eigenvalue weighted by Gasteiger charge is 2.33. The summed E-state index contributed by atoms with van der Waals surface area (Å²) in [5.74, 6) is -2.65. The Morgan fingerprint density at radius 3 is 1.37 bits per heavy atom. The van der Waals surface area contributed by atoms with Crippen molar-refractivity contribution >= 4 is 56.4 Å². The Balaban J connectivity index is 1.69. The average Bonchev–Trinajstić information content (AvgIpc) is 2.95. The number of pyridine rings is 2. The number of carbonyl (C=O) groups excluding carboxylic acids is 4. The molecular formula is C28H22Br2N4O4+2. The number of halogens is 2. The van der Waals surface area contributed by atoms with E-state index < -0.39 is 11.8 Å². The Morgan fingerprint density at radius 1 is 0.632 bits per heavy atom. The van der Waals surface area contributed by atoms with Crippen LogP contribution in [0.3, 0.4) is 0 Å². The van der Waals surface area contributed by atoms with Crippen LogP contribution in [-0.4, -0.2) is 27.2 Å². The lowest BCUT2D eigenvalue weighted by molar-refractivity contribution is -0.921. The summed E-state index contributed by atoms with van der Waals surface area (Å²) in [7, 11) is 0. The quantitative estimate of drug-likeness (QED) is 0.0621. The van der Waals surface area contributed by atoms with E-state index in [4.69, 9.17) is 0 Å². The van der Waals surface area contributed by atoms with Crippen LogP contribution in [0.2, 0.25) is 0 Å². The SMILES string of the molecule is O=CC(C(=O)c1ccccc1)c1ccc[n+](N(N(Br)Br)[n+]2cccc(C(C=O)C(=O)c3ccccc3)c2)c1. The summed E-state index contributed by atoms with van der Waals surface area (Å²) in [5.41, 5.74) is 1.82. The van der Waals surface area contributed by atoms with Crippen LogP contribution >= 0.6 is 32.3 Å². The number of carbonyl (C=O) groups is 4. The van der Waals surface area contributed by atoms with Crippen LogP contribution in [-0.2, 0) is 9.59 Å². The molecule has 4 aromatic rings. The maximum Gasteiger partial charge on any atom is 0.211 e. The van der Waals surface area contributed by atoms with Gasteiger partial charge in [-0.25, -0.2) is 0 Å². The van der Waals surface area contributed by atoms with E-state index in [9.17, 15) is 19.2 Å². The standard InChI is InChI=1S/C28H22Br2N4O4/c29-33(30)34(31-15-7-13-23(17-31)25(19-35)27(37)21-9-3-1-4-10-21)32-16-8-14-24(18-32)26(20-36)28(38)22-11-5-2-6-12-22/h1-20,25-26H/q+2. The number of hydrazine groups is 1. The maximum atomic E-state index is 13.0. The lowest BCUT2D eigenvalue weighted by atomic mass is 9.93. The molecule has 0 saturated heterocycles. The molecule has 2 heterocycles. The first-order chi connectivity index (χ1) is 18.4. The van der Waals surface area contributed by atoms with Gasteiger partial charge in [0.25, 0.3) is 0 Å². The van der Waals surface area contributed by atoms with Crippen molar-refractivity contribution in [2.24, 2.45) is 0 Å². The molecule has 0 amide bonds. The molecule has 190 valence electrons. The Kier molecular flexibility index (Phi) is 9.01. The molecule has 8 nitrogen and oxygen atoms in total. The molecule has 0 aliphatic carbocycles. The summed E-state index contributed by atoms with van der Waals surface area (Å²) in [6.07, 6.45) is 7.94. The van der Waals surface area contributed by atoms with E-state index in [2.05, 4.69) is 32.3 Å². The molecule has 2 aromatic heterocycles. The van der Waals surface area contributed by atoms with E-state index in [0.717, 1.165) is 0 Å². The lowest BCUT2D eigenvalue weighted by Gasteiger charge is -2.15. The fourth-order valence-electron chi connectivity index (χ4n) is 3.98. The lowest BCUT2D eigenvalue weighted by Crippen LogP contribution is -2.75. The fraction of sp³-hybridized carbons (Fsp3) is 0.0714. The van der Waals surface area contributed by atoms with E-state index in [0.29, 0.717) is 34.8 Å². The molecule has 0 spiro atoms. The third-order valence-electron chi connectivity index (χ3n) is 5.84. The molecule has 0 fully saturated rings. The highest BCUT2D eigenvalue weighted by atomic mass is 79.9. The molecule has 38 heavy (non-hydrogen) atoms. The Morgan fingerprint density at radius 2 is 1.03 bits per heavy atom. The molecule has 2 aromatic carbocycles. The van der Waals surface area contributed by atoms with Gasteiger partial charge in [-0.15, -0.1) is 0 Å². The minimum absolute atomic E-state index is 0.317. The molecule has 0 aliphatic rings. The number of Topliss-reactive ketones (excluding diaryl/α,β-unsaturated/α-hetero) is 2. The van der Waals surface area contributed by atoms with Gasteiger partial charge in [0, 0.05) is 37.4 Å². The van der Waals surface area contributed by atoms with Gasteiger partial charge >= 0.3 is 0 Å². The van der Waals surface area contributed by atoms with E-state index in [1.165, 1.54) is 3.06 Å². The zero-order valence-electron chi connectivity index (χ0n) is 19.9. The second kappa shape index (κ2) is 12.6. The van der Waals surface area contributed by atoms with E-state index in [1.54, 1.807) is 124 Å². The molecule has 0 N–H and O–H groups in total. The predicted molar refractivity (Wildman–Crippen MR) is 146 cm³/mol.